The van der Waals surface area contributed by atoms with E-state index in [1.165, 1.54) is 4.90 Å². The number of carbonyl (C=O) groups is 3. The Hall–Kier alpha value is -2.22. The quantitative estimate of drug-likeness (QED) is 0.208. The molecule has 200 valence electrons. The largest absolute Gasteiger partial charge is 0.488 e. The summed E-state index contributed by atoms with van der Waals surface area (Å²) in [6.07, 6.45) is -0.832. The van der Waals surface area contributed by atoms with Crippen molar-refractivity contribution < 1.29 is 38.3 Å². The summed E-state index contributed by atoms with van der Waals surface area (Å²) in [5, 5.41) is 19.9. The second kappa shape index (κ2) is 9.51. The second-order valence-corrected chi connectivity index (χ2v) is 12.5. The summed E-state index contributed by atoms with van der Waals surface area (Å²) in [5.41, 5.74) is 7.23. The topological polar surface area (TPSA) is 130 Å². The van der Waals surface area contributed by atoms with Crippen molar-refractivity contribution in [3.8, 4) is 5.75 Å². The molecule has 3 unspecified atom stereocenters. The van der Waals surface area contributed by atoms with E-state index in [2.05, 4.69) is 28.7 Å². The Morgan fingerprint density at radius 1 is 1.19 bits per heavy atom. The first-order chi connectivity index (χ1) is 17.5. The minimum absolute atomic E-state index is 0.0110. The molecule has 5 heterocycles. The summed E-state index contributed by atoms with van der Waals surface area (Å²) in [5.74, 6) is -1.83. The summed E-state index contributed by atoms with van der Waals surface area (Å²) in [4.78, 5) is 37.5. The monoisotopic (exact) mass is 626 g/mol. The lowest BCUT2D eigenvalue weighted by atomic mass is 9.78. The van der Waals surface area contributed by atoms with Crippen molar-refractivity contribution in [1.29, 1.82) is 0 Å². The van der Waals surface area contributed by atoms with Gasteiger partial charge in [0.05, 0.1) is 21.6 Å². The van der Waals surface area contributed by atoms with Crippen molar-refractivity contribution in [2.45, 2.75) is 32.5 Å². The first kappa shape index (κ1) is 26.4. The summed E-state index contributed by atoms with van der Waals surface area (Å²) in [6, 6.07) is 5.84. The summed E-state index contributed by atoms with van der Waals surface area (Å²) >= 11 is 2.22. The highest BCUT2D eigenvalue weighted by Crippen LogP contribution is 2.47. The van der Waals surface area contributed by atoms with Crippen LogP contribution in [0.1, 0.15) is 19.4 Å². The molecule has 2 bridgehead atoms. The zero-order chi connectivity index (χ0) is 26.7. The number of carboxylic acid groups (broad SMARTS) is 1. The van der Waals surface area contributed by atoms with Crippen molar-refractivity contribution >= 4 is 40.4 Å². The van der Waals surface area contributed by atoms with E-state index < -0.39 is 18.0 Å². The van der Waals surface area contributed by atoms with Gasteiger partial charge in [-0.3, -0.25) is 9.59 Å². The fourth-order valence-electron chi connectivity index (χ4n) is 6.88. The molecule has 0 aromatic heterocycles. The van der Waals surface area contributed by atoms with Crippen molar-refractivity contribution in [2.24, 2.45) is 17.6 Å². The number of aliphatic hydroxyl groups excluding tert-OH is 1. The molecule has 1 aromatic carbocycles. The van der Waals surface area contributed by atoms with Crippen LogP contribution in [0.3, 0.4) is 0 Å². The second-order valence-electron chi connectivity index (χ2n) is 11.3. The molecule has 5 aliphatic heterocycles. The number of carbonyl (C=O) groups excluding carboxylic acids is 2. The van der Waals surface area contributed by atoms with Gasteiger partial charge in [-0.25, -0.2) is 4.79 Å². The van der Waals surface area contributed by atoms with Crippen LogP contribution in [0.5, 0.6) is 5.75 Å². The van der Waals surface area contributed by atoms with E-state index >= 15 is 0 Å². The number of primary amides is 1. The van der Waals surface area contributed by atoms with Crippen molar-refractivity contribution in [3.63, 3.8) is 0 Å². The lowest BCUT2D eigenvalue weighted by Gasteiger charge is -2.55. The van der Waals surface area contributed by atoms with Crippen molar-refractivity contribution in [3.05, 3.63) is 38.6 Å². The lowest BCUT2D eigenvalue weighted by molar-refractivity contribution is -1.08. The molecule has 4 atom stereocenters. The van der Waals surface area contributed by atoms with E-state index in [0.717, 1.165) is 63.9 Å². The third-order valence-electron chi connectivity index (χ3n) is 9.05. The van der Waals surface area contributed by atoms with Gasteiger partial charge in [0.25, 0.3) is 5.91 Å². The zero-order valence-electron chi connectivity index (χ0n) is 21.2. The summed E-state index contributed by atoms with van der Waals surface area (Å²) in [6.45, 7) is 10.8. The van der Waals surface area contributed by atoms with Crippen LogP contribution in [-0.4, -0.2) is 106 Å². The fraction of sp³-hybridized carbons (Fsp3) is 0.577. The number of aliphatic carboxylic acids is 1. The number of nitrogens with zero attached hydrogens (tertiary/aromatic N) is 3. The molecule has 1 aromatic rings. The van der Waals surface area contributed by atoms with Gasteiger partial charge in [0.15, 0.2) is 6.54 Å². The molecule has 0 spiro atoms. The zero-order valence-corrected chi connectivity index (χ0v) is 23.4. The van der Waals surface area contributed by atoms with Gasteiger partial charge in [-0.05, 0) is 41.6 Å². The van der Waals surface area contributed by atoms with Gasteiger partial charge in [0, 0.05) is 17.1 Å². The molecule has 4 N–H and O–H groups in total. The Morgan fingerprint density at radius 2 is 1.81 bits per heavy atom. The standard InChI is InChI=1S/C26H33IN4O6/c1-15-18(24(26(35)36)29-23(15)22(16(2)32)25(29)34)14-37-20-11-17(3-4-19(20)27)12-30-5-8-31(9-6-30,10-7-30)13-21(28)33/h3-4,11,15-16,22-23,32H,5-10,12-14H2,1-2H3,(H-2,28,33,35,36)/p+2/t15-,16?,22?,23?,30?,31?/m0/s1. The highest BCUT2D eigenvalue weighted by molar-refractivity contribution is 14.1. The number of amides is 2. The number of halogens is 1. The number of quaternary nitrogens is 2. The van der Waals surface area contributed by atoms with Gasteiger partial charge >= 0.3 is 5.97 Å². The van der Waals surface area contributed by atoms with Crippen LogP contribution >= 0.6 is 22.6 Å². The minimum atomic E-state index is -1.15. The average molecular weight is 626 g/mol. The number of rotatable bonds is 9. The number of aliphatic hydroxyl groups is 1. The van der Waals surface area contributed by atoms with E-state index in [1.54, 1.807) is 6.92 Å². The SMILES string of the molecule is CC(O)C1C(=O)N2C(C(=O)O)=C(COc3cc(C[N+]45CC[N+](CC(N)=O)(CC4)CC5)ccc3I)[C@H](C)C12. The molecular weight excluding hydrogens is 591 g/mol. The molecule has 5 aliphatic rings. The maximum atomic E-state index is 12.6. The first-order valence-corrected chi connectivity index (χ1v) is 13.9. The van der Waals surface area contributed by atoms with Gasteiger partial charge in [0.1, 0.15) is 63.9 Å². The smallest absolute Gasteiger partial charge is 0.352 e. The predicted molar refractivity (Wildman–Crippen MR) is 142 cm³/mol. The number of benzene rings is 1. The number of nitrogens with two attached hydrogens (primary N) is 1. The molecule has 6 rings (SSSR count). The number of carboxylic acids is 1. The maximum Gasteiger partial charge on any atom is 0.352 e. The molecule has 11 heteroatoms. The molecule has 10 nitrogen and oxygen atoms in total. The Morgan fingerprint density at radius 3 is 2.38 bits per heavy atom. The van der Waals surface area contributed by atoms with E-state index in [1.807, 2.05) is 19.1 Å². The van der Waals surface area contributed by atoms with E-state index in [-0.39, 0.29) is 36.1 Å². The predicted octanol–water partition coefficient (Wildman–Crippen LogP) is 0.512. The van der Waals surface area contributed by atoms with Gasteiger partial charge in [-0.2, -0.15) is 0 Å². The fourth-order valence-corrected chi connectivity index (χ4v) is 7.37. The van der Waals surface area contributed by atoms with Crippen molar-refractivity contribution in [1.82, 2.24) is 4.90 Å². The first-order valence-electron chi connectivity index (χ1n) is 12.8. The van der Waals surface area contributed by atoms with Crippen LogP contribution in [0.15, 0.2) is 29.5 Å². The number of ether oxygens (including phenoxy) is 1. The van der Waals surface area contributed by atoms with Crippen LogP contribution < -0.4 is 10.5 Å². The summed E-state index contributed by atoms with van der Waals surface area (Å²) < 4.78 is 8.93. The van der Waals surface area contributed by atoms with Crippen LogP contribution in [0.4, 0.5) is 0 Å². The molecular formula is C26H35IN4O6+2. The molecule has 4 saturated heterocycles. The van der Waals surface area contributed by atoms with Crippen LogP contribution in [-0.2, 0) is 20.9 Å². The average Bonchev–Trinajstić information content (AvgIpc) is 3.08. The Kier molecular flexibility index (Phi) is 6.78. The molecule has 4 fully saturated rings. The van der Waals surface area contributed by atoms with Crippen LogP contribution in [0, 0.1) is 15.4 Å². The third kappa shape index (κ3) is 4.53. The molecule has 0 saturated carbocycles. The van der Waals surface area contributed by atoms with Crippen LogP contribution in [0.2, 0.25) is 0 Å². The molecule has 37 heavy (non-hydrogen) atoms. The molecule has 0 radical (unpaired) electrons. The van der Waals surface area contributed by atoms with E-state index in [4.69, 9.17) is 10.5 Å². The van der Waals surface area contributed by atoms with Gasteiger partial charge in [-0.1, -0.05) is 13.0 Å². The number of fused-ring (bicyclic) bond motifs is 4. The minimum Gasteiger partial charge on any atom is -0.488 e. The van der Waals surface area contributed by atoms with Crippen molar-refractivity contribution in [2.75, 3.05) is 52.4 Å². The Bertz CT molecular complexity index is 1160. The highest BCUT2D eigenvalue weighted by Gasteiger charge is 2.60. The maximum absolute atomic E-state index is 12.6. The van der Waals surface area contributed by atoms with E-state index in [9.17, 15) is 24.6 Å². The van der Waals surface area contributed by atoms with Crippen LogP contribution in [0.25, 0.3) is 0 Å². The Labute approximate surface area is 230 Å². The lowest BCUT2D eigenvalue weighted by Crippen LogP contribution is -2.75. The van der Waals surface area contributed by atoms with E-state index in [0.29, 0.717) is 17.9 Å². The highest BCUT2D eigenvalue weighted by atomic mass is 127. The van der Waals surface area contributed by atoms with Gasteiger partial charge in [0.2, 0.25) is 5.91 Å². The molecule has 2 amide bonds. The number of hydrogen-bond donors (Lipinski definition) is 3. The van der Waals surface area contributed by atoms with Gasteiger partial charge in [-0.15, -0.1) is 0 Å². The number of hydrogen-bond acceptors (Lipinski definition) is 5. The van der Waals surface area contributed by atoms with Gasteiger partial charge < -0.3 is 34.5 Å². The third-order valence-corrected chi connectivity index (χ3v) is 9.94. The molecule has 0 aliphatic carbocycles. The Balaban J connectivity index is 1.30. The number of piperazine rings is 3. The summed E-state index contributed by atoms with van der Waals surface area (Å²) in [7, 11) is 0. The number of β-lactam (4-membered cyclic amide) rings is 1. The normalized spacial score (nSPS) is 33.2.